The van der Waals surface area contributed by atoms with E-state index in [0.717, 1.165) is 45.1 Å². The highest BCUT2D eigenvalue weighted by atomic mass is 28.3. The summed E-state index contributed by atoms with van der Waals surface area (Å²) in [6, 6.07) is 0.926. The molecule has 1 aliphatic heterocycles. The van der Waals surface area contributed by atoms with Gasteiger partial charge in [0.25, 0.3) is 0 Å². The molecule has 0 aromatic heterocycles. The summed E-state index contributed by atoms with van der Waals surface area (Å²) in [5, 5.41) is 0. The van der Waals surface area contributed by atoms with Gasteiger partial charge in [-0.1, -0.05) is 13.3 Å². The summed E-state index contributed by atoms with van der Waals surface area (Å²) >= 11 is 0. The van der Waals surface area contributed by atoms with Crippen LogP contribution in [0.5, 0.6) is 0 Å². The molecule has 0 saturated carbocycles. The third kappa shape index (κ3) is 5.97. The molecule has 2 atom stereocenters. The van der Waals surface area contributed by atoms with Crippen LogP contribution in [0.1, 0.15) is 40.0 Å². The van der Waals surface area contributed by atoms with Gasteiger partial charge in [-0.15, -0.1) is 0 Å². The topological polar surface area (TPSA) is 36.9 Å². The molecule has 4 nitrogen and oxygen atoms in total. The summed E-state index contributed by atoms with van der Waals surface area (Å²) in [6.07, 6.45) is 3.46. The van der Waals surface area contributed by atoms with E-state index in [4.69, 9.17) is 18.3 Å². The lowest BCUT2D eigenvalue weighted by Crippen LogP contribution is -2.37. The average molecular weight is 262 g/mol. The van der Waals surface area contributed by atoms with E-state index in [1.54, 1.807) is 0 Å². The lowest BCUT2D eigenvalue weighted by Gasteiger charge is -2.31. The van der Waals surface area contributed by atoms with E-state index in [-0.39, 0.29) is 12.4 Å². The van der Waals surface area contributed by atoms with Crippen LogP contribution in [-0.2, 0) is 18.3 Å². The van der Waals surface area contributed by atoms with Gasteiger partial charge in [-0.05, 0) is 20.3 Å². The van der Waals surface area contributed by atoms with Crippen LogP contribution in [0, 0.1) is 0 Å². The van der Waals surface area contributed by atoms with Gasteiger partial charge in [0.1, 0.15) is 0 Å². The highest BCUT2D eigenvalue weighted by Gasteiger charge is 2.26. The molecule has 1 heterocycles. The van der Waals surface area contributed by atoms with E-state index in [1.165, 1.54) is 0 Å². The summed E-state index contributed by atoms with van der Waals surface area (Å²) in [5.41, 5.74) is 0. The molecule has 2 unspecified atom stereocenters. The lowest BCUT2D eigenvalue weighted by molar-refractivity contribution is -0.234. The van der Waals surface area contributed by atoms with Gasteiger partial charge in [0.2, 0.25) is 0 Å². The Kier molecular flexibility index (Phi) is 8.05. The van der Waals surface area contributed by atoms with Gasteiger partial charge in [0, 0.05) is 25.7 Å². The summed E-state index contributed by atoms with van der Waals surface area (Å²) in [7, 11) is -1.55. The second-order valence-electron chi connectivity index (χ2n) is 4.21. The van der Waals surface area contributed by atoms with Crippen molar-refractivity contribution in [2.24, 2.45) is 0 Å². The highest BCUT2D eigenvalue weighted by Crippen LogP contribution is 2.20. The Bertz CT molecular complexity index is 181. The van der Waals surface area contributed by atoms with Gasteiger partial charge in [-0.2, -0.15) is 0 Å². The van der Waals surface area contributed by atoms with Crippen LogP contribution in [0.4, 0.5) is 0 Å². The van der Waals surface area contributed by atoms with Crippen molar-refractivity contribution in [1.29, 1.82) is 0 Å². The minimum atomic E-state index is -1.55. The maximum atomic E-state index is 5.90. The van der Waals surface area contributed by atoms with Gasteiger partial charge in [0.05, 0.1) is 12.7 Å². The molecule has 1 saturated heterocycles. The molecular weight excluding hydrogens is 236 g/mol. The monoisotopic (exact) mass is 262 g/mol. The molecule has 0 bridgehead atoms. The quantitative estimate of drug-likeness (QED) is 0.566. The number of ether oxygens (including phenoxy) is 2. The molecule has 0 spiro atoms. The van der Waals surface area contributed by atoms with Crippen LogP contribution in [-0.4, -0.2) is 41.5 Å². The van der Waals surface area contributed by atoms with E-state index < -0.39 is 9.28 Å². The van der Waals surface area contributed by atoms with Gasteiger partial charge in [0.15, 0.2) is 6.29 Å². The van der Waals surface area contributed by atoms with Crippen molar-refractivity contribution >= 4 is 9.28 Å². The minimum Gasteiger partial charge on any atom is -0.397 e. The highest BCUT2D eigenvalue weighted by molar-refractivity contribution is 6.44. The zero-order valence-corrected chi connectivity index (χ0v) is 12.5. The van der Waals surface area contributed by atoms with E-state index in [0.29, 0.717) is 0 Å². The first-order valence-corrected chi connectivity index (χ1v) is 8.56. The Labute approximate surface area is 106 Å². The summed E-state index contributed by atoms with van der Waals surface area (Å²) in [4.78, 5) is 0. The molecule has 17 heavy (non-hydrogen) atoms. The smallest absolute Gasteiger partial charge is 0.324 e. The molecule has 5 heteroatoms. The third-order valence-corrected chi connectivity index (χ3v) is 5.09. The van der Waals surface area contributed by atoms with Gasteiger partial charge < -0.3 is 18.3 Å². The van der Waals surface area contributed by atoms with Gasteiger partial charge in [-0.3, -0.25) is 0 Å². The maximum absolute atomic E-state index is 5.90. The molecule has 1 rings (SSSR count). The standard InChI is InChI=1S/C12H26O4Si/c1-4-7-11(16-12-8-9-13-12)10-17(14-5-2)15-6-3/h11-12,17H,4-10H2,1-3H3. The summed E-state index contributed by atoms with van der Waals surface area (Å²) < 4.78 is 22.6. The largest absolute Gasteiger partial charge is 0.397 e. The third-order valence-electron chi connectivity index (χ3n) is 2.77. The Balaban J connectivity index is 2.32. The lowest BCUT2D eigenvalue weighted by atomic mass is 10.2. The van der Waals surface area contributed by atoms with E-state index in [9.17, 15) is 0 Å². The zero-order chi connectivity index (χ0) is 12.5. The Morgan fingerprint density at radius 1 is 1.24 bits per heavy atom. The van der Waals surface area contributed by atoms with Crippen molar-refractivity contribution in [2.75, 3.05) is 19.8 Å². The first-order valence-electron chi connectivity index (χ1n) is 6.80. The normalized spacial score (nSPS) is 21.5. The Morgan fingerprint density at radius 3 is 2.29 bits per heavy atom. The minimum absolute atomic E-state index is 0.0180. The summed E-state index contributed by atoms with van der Waals surface area (Å²) in [5.74, 6) is 0. The van der Waals surface area contributed by atoms with Crippen molar-refractivity contribution in [1.82, 2.24) is 0 Å². The molecule has 0 N–H and O–H groups in total. The second-order valence-corrected chi connectivity index (χ2v) is 6.21. The van der Waals surface area contributed by atoms with E-state index >= 15 is 0 Å². The van der Waals surface area contributed by atoms with Crippen molar-refractivity contribution < 1.29 is 18.3 Å². The Hall–Kier alpha value is 0.0569. The molecule has 0 aliphatic carbocycles. The molecule has 1 aliphatic rings. The van der Waals surface area contributed by atoms with E-state index in [2.05, 4.69) is 6.92 Å². The van der Waals surface area contributed by atoms with Crippen LogP contribution in [0.25, 0.3) is 0 Å². The molecule has 0 aromatic rings. The Morgan fingerprint density at radius 2 is 1.88 bits per heavy atom. The predicted molar refractivity (Wildman–Crippen MR) is 69.3 cm³/mol. The van der Waals surface area contributed by atoms with Crippen LogP contribution in [0.2, 0.25) is 6.04 Å². The summed E-state index contributed by atoms with van der Waals surface area (Å²) in [6.45, 7) is 8.51. The fourth-order valence-corrected chi connectivity index (χ4v) is 3.76. The number of hydrogen-bond donors (Lipinski definition) is 0. The van der Waals surface area contributed by atoms with Crippen molar-refractivity contribution in [2.45, 2.75) is 58.5 Å². The zero-order valence-electron chi connectivity index (χ0n) is 11.3. The first-order chi connectivity index (χ1) is 8.30. The molecule has 1 fully saturated rings. The number of rotatable bonds is 10. The van der Waals surface area contributed by atoms with Crippen molar-refractivity contribution in [3.8, 4) is 0 Å². The first kappa shape index (κ1) is 15.1. The van der Waals surface area contributed by atoms with Crippen molar-refractivity contribution in [3.63, 3.8) is 0 Å². The molecule has 102 valence electrons. The van der Waals surface area contributed by atoms with Gasteiger partial charge in [-0.25, -0.2) is 0 Å². The van der Waals surface area contributed by atoms with Crippen LogP contribution >= 0.6 is 0 Å². The maximum Gasteiger partial charge on any atom is 0.324 e. The SMILES string of the molecule is CCCC(C[SiH](OCC)OCC)OC1CCO1. The molecule has 0 radical (unpaired) electrons. The van der Waals surface area contributed by atoms with Crippen molar-refractivity contribution in [3.05, 3.63) is 0 Å². The van der Waals surface area contributed by atoms with Crippen LogP contribution < -0.4 is 0 Å². The van der Waals surface area contributed by atoms with Gasteiger partial charge >= 0.3 is 9.28 Å². The fraction of sp³-hybridized carbons (Fsp3) is 1.00. The number of hydrogen-bond acceptors (Lipinski definition) is 4. The fourth-order valence-electron chi connectivity index (χ4n) is 1.87. The second kappa shape index (κ2) is 9.05. The molecule has 0 amide bonds. The average Bonchev–Trinajstić information content (AvgIpc) is 2.24. The van der Waals surface area contributed by atoms with E-state index in [1.807, 2.05) is 13.8 Å². The molecular formula is C12H26O4Si. The molecule has 0 aromatic carbocycles. The van der Waals surface area contributed by atoms with Crippen LogP contribution in [0.3, 0.4) is 0 Å². The predicted octanol–water partition coefficient (Wildman–Crippen LogP) is 2.21. The van der Waals surface area contributed by atoms with Crippen LogP contribution in [0.15, 0.2) is 0 Å².